The molecule has 3 N–H and O–H groups in total. The summed E-state index contributed by atoms with van der Waals surface area (Å²) >= 11 is 0. The van der Waals surface area contributed by atoms with Crippen LogP contribution in [0.3, 0.4) is 0 Å². The molecule has 0 fully saturated rings. The zero-order valence-corrected chi connectivity index (χ0v) is 11.5. The first kappa shape index (κ1) is 15.1. The monoisotopic (exact) mass is 276 g/mol. The predicted octanol–water partition coefficient (Wildman–Crippen LogP) is 3.69. The van der Waals surface area contributed by atoms with E-state index in [9.17, 15) is 0 Å². The lowest BCUT2D eigenvalue weighted by Gasteiger charge is -2.07. The smallest absolute Gasteiger partial charge is 0.127 e. The van der Waals surface area contributed by atoms with Crippen LogP contribution in [0.4, 0.5) is 0 Å². The van der Waals surface area contributed by atoms with Crippen LogP contribution < -0.4 is 10.5 Å². The van der Waals surface area contributed by atoms with Gasteiger partial charge in [-0.15, -0.1) is 12.4 Å². The summed E-state index contributed by atoms with van der Waals surface area (Å²) in [6.07, 6.45) is 0.477. The molecule has 0 aliphatic heterocycles. The van der Waals surface area contributed by atoms with Crippen LogP contribution in [0.15, 0.2) is 48.5 Å². The Morgan fingerprint density at radius 2 is 1.47 bits per heavy atom. The fourth-order valence-corrected chi connectivity index (χ4v) is 1.64. The first-order chi connectivity index (χ1) is 8.63. The fourth-order valence-electron chi connectivity index (χ4n) is 1.64. The number of rotatable bonds is 4. The van der Waals surface area contributed by atoms with Gasteiger partial charge in [-0.3, -0.25) is 5.41 Å². The molecular formula is C15H17ClN2O. The van der Waals surface area contributed by atoms with E-state index in [4.69, 9.17) is 15.9 Å². The van der Waals surface area contributed by atoms with Crippen LogP contribution in [0.25, 0.3) is 0 Å². The van der Waals surface area contributed by atoms with Crippen molar-refractivity contribution in [3.8, 4) is 11.5 Å². The van der Waals surface area contributed by atoms with Crippen LogP contribution in [0.2, 0.25) is 0 Å². The molecule has 0 heterocycles. The maximum absolute atomic E-state index is 7.23. The summed E-state index contributed by atoms with van der Waals surface area (Å²) in [7, 11) is 0. The van der Waals surface area contributed by atoms with Crippen LogP contribution in [0.5, 0.6) is 11.5 Å². The van der Waals surface area contributed by atoms with Crippen molar-refractivity contribution in [2.24, 2.45) is 5.73 Å². The maximum atomic E-state index is 7.23. The fraction of sp³-hybridized carbons (Fsp3) is 0.133. The summed E-state index contributed by atoms with van der Waals surface area (Å²) in [5.41, 5.74) is 7.57. The van der Waals surface area contributed by atoms with Crippen molar-refractivity contribution < 1.29 is 4.74 Å². The lowest BCUT2D eigenvalue weighted by molar-refractivity contribution is 0.482. The molecule has 2 rings (SSSR count). The number of ether oxygens (including phenoxy) is 1. The first-order valence-electron chi connectivity index (χ1n) is 5.80. The van der Waals surface area contributed by atoms with Crippen molar-refractivity contribution in [1.82, 2.24) is 0 Å². The summed E-state index contributed by atoms with van der Waals surface area (Å²) in [6.45, 7) is 2.04. The minimum Gasteiger partial charge on any atom is -0.457 e. The van der Waals surface area contributed by atoms with E-state index in [1.54, 1.807) is 0 Å². The summed E-state index contributed by atoms with van der Waals surface area (Å²) < 4.78 is 5.71. The molecule has 3 nitrogen and oxygen atoms in total. The molecule has 0 amide bonds. The van der Waals surface area contributed by atoms with Gasteiger partial charge in [0.15, 0.2) is 0 Å². The van der Waals surface area contributed by atoms with Gasteiger partial charge >= 0.3 is 0 Å². The third-order valence-corrected chi connectivity index (χ3v) is 2.57. The average Bonchev–Trinajstić information content (AvgIpc) is 2.34. The lowest BCUT2D eigenvalue weighted by Crippen LogP contribution is -2.12. The van der Waals surface area contributed by atoms with E-state index in [-0.39, 0.29) is 18.2 Å². The van der Waals surface area contributed by atoms with Gasteiger partial charge in [0.2, 0.25) is 0 Å². The Morgan fingerprint density at radius 3 is 1.95 bits per heavy atom. The van der Waals surface area contributed by atoms with E-state index >= 15 is 0 Å². The lowest BCUT2D eigenvalue weighted by atomic mass is 10.1. The topological polar surface area (TPSA) is 59.1 Å². The Bertz CT molecular complexity index is 535. The van der Waals surface area contributed by atoms with E-state index in [1.807, 2.05) is 55.5 Å². The Balaban J connectivity index is 0.00000180. The SMILES string of the molecule is Cc1ccc(Oc2ccc(CC(=N)N)cc2)cc1.Cl. The van der Waals surface area contributed by atoms with Crippen LogP contribution in [-0.4, -0.2) is 5.84 Å². The van der Waals surface area contributed by atoms with Crippen molar-refractivity contribution in [2.45, 2.75) is 13.3 Å². The third-order valence-electron chi connectivity index (χ3n) is 2.57. The van der Waals surface area contributed by atoms with E-state index in [1.165, 1.54) is 5.56 Å². The van der Waals surface area contributed by atoms with E-state index in [2.05, 4.69) is 0 Å². The van der Waals surface area contributed by atoms with E-state index in [0.717, 1.165) is 17.1 Å². The largest absolute Gasteiger partial charge is 0.457 e. The van der Waals surface area contributed by atoms with Gasteiger partial charge < -0.3 is 10.5 Å². The molecule has 100 valence electrons. The molecule has 4 heteroatoms. The highest BCUT2D eigenvalue weighted by Crippen LogP contribution is 2.21. The normalized spacial score (nSPS) is 9.53. The minimum atomic E-state index is 0. The van der Waals surface area contributed by atoms with Crippen molar-refractivity contribution in [2.75, 3.05) is 0 Å². The van der Waals surface area contributed by atoms with Gasteiger partial charge in [0.05, 0.1) is 5.84 Å². The Labute approximate surface area is 119 Å². The summed E-state index contributed by atoms with van der Waals surface area (Å²) in [4.78, 5) is 0. The number of benzene rings is 2. The molecule has 0 saturated heterocycles. The molecule has 0 aliphatic carbocycles. The first-order valence-corrected chi connectivity index (χ1v) is 5.80. The van der Waals surface area contributed by atoms with Crippen LogP contribution in [-0.2, 0) is 6.42 Å². The third kappa shape index (κ3) is 4.64. The molecule has 0 bridgehead atoms. The quantitative estimate of drug-likeness (QED) is 0.661. The zero-order valence-electron chi connectivity index (χ0n) is 10.7. The van der Waals surface area contributed by atoms with Crippen LogP contribution in [0, 0.1) is 12.3 Å². The summed E-state index contributed by atoms with van der Waals surface area (Å²) in [6, 6.07) is 15.5. The van der Waals surface area contributed by atoms with Gasteiger partial charge in [-0.1, -0.05) is 29.8 Å². The second-order valence-corrected chi connectivity index (χ2v) is 4.26. The number of aryl methyl sites for hydroxylation is 1. The highest BCUT2D eigenvalue weighted by atomic mass is 35.5. The number of nitrogens with two attached hydrogens (primary N) is 1. The summed E-state index contributed by atoms with van der Waals surface area (Å²) in [5.74, 6) is 1.77. The standard InChI is InChI=1S/C15H16N2O.ClH/c1-11-2-6-13(7-3-11)18-14-8-4-12(5-9-14)10-15(16)17;/h2-9H,10H2,1H3,(H3,16,17);1H. The Kier molecular flexibility index (Phi) is 5.39. The molecule has 0 aromatic heterocycles. The van der Waals surface area contributed by atoms with Gasteiger partial charge in [-0.25, -0.2) is 0 Å². The van der Waals surface area contributed by atoms with Crippen LogP contribution >= 0.6 is 12.4 Å². The molecule has 2 aromatic rings. The zero-order chi connectivity index (χ0) is 13.0. The predicted molar refractivity (Wildman–Crippen MR) is 80.6 cm³/mol. The highest BCUT2D eigenvalue weighted by molar-refractivity contribution is 5.85. The number of halogens is 1. The van der Waals surface area contributed by atoms with Crippen molar-refractivity contribution >= 4 is 18.2 Å². The maximum Gasteiger partial charge on any atom is 0.127 e. The van der Waals surface area contributed by atoms with Crippen molar-refractivity contribution in [1.29, 1.82) is 5.41 Å². The van der Waals surface area contributed by atoms with E-state index < -0.39 is 0 Å². The van der Waals surface area contributed by atoms with Gasteiger partial charge in [0.1, 0.15) is 11.5 Å². The second kappa shape index (κ2) is 6.81. The Hall–Kier alpha value is -2.00. The van der Waals surface area contributed by atoms with Crippen molar-refractivity contribution in [3.63, 3.8) is 0 Å². The molecule has 0 aliphatic rings. The van der Waals surface area contributed by atoms with Crippen LogP contribution in [0.1, 0.15) is 11.1 Å². The van der Waals surface area contributed by atoms with Gasteiger partial charge in [0, 0.05) is 6.42 Å². The molecule has 0 unspecified atom stereocenters. The minimum absolute atomic E-state index is 0. The number of nitrogens with one attached hydrogen (secondary N) is 1. The summed E-state index contributed by atoms with van der Waals surface area (Å²) in [5, 5.41) is 7.23. The molecule has 19 heavy (non-hydrogen) atoms. The molecule has 2 aromatic carbocycles. The van der Waals surface area contributed by atoms with Gasteiger partial charge in [0.25, 0.3) is 0 Å². The number of amidine groups is 1. The number of hydrogen-bond donors (Lipinski definition) is 2. The van der Waals surface area contributed by atoms with Gasteiger partial charge in [-0.05, 0) is 36.8 Å². The average molecular weight is 277 g/mol. The second-order valence-electron chi connectivity index (χ2n) is 4.26. The van der Waals surface area contributed by atoms with Gasteiger partial charge in [-0.2, -0.15) is 0 Å². The highest BCUT2D eigenvalue weighted by Gasteiger charge is 1.99. The molecule has 0 radical (unpaired) electrons. The molecule has 0 saturated carbocycles. The number of hydrogen-bond acceptors (Lipinski definition) is 2. The molecular weight excluding hydrogens is 260 g/mol. The Morgan fingerprint density at radius 1 is 1.00 bits per heavy atom. The molecule has 0 atom stereocenters. The van der Waals surface area contributed by atoms with E-state index in [0.29, 0.717) is 6.42 Å². The van der Waals surface area contributed by atoms with Crippen molar-refractivity contribution in [3.05, 3.63) is 59.7 Å². The molecule has 0 spiro atoms.